The number of hydrogen-bond acceptors (Lipinski definition) is 6. The number of nitrogens with zero attached hydrogens (tertiary/aromatic N) is 4. The fourth-order valence-corrected chi connectivity index (χ4v) is 5.49. The minimum atomic E-state index is -0.597. The highest BCUT2D eigenvalue weighted by Gasteiger charge is 2.50. The second-order valence-electron chi connectivity index (χ2n) is 10.1. The first kappa shape index (κ1) is 29.2. The number of carbonyl (C=O) groups excluding carboxylic acids is 3. The van der Waals surface area contributed by atoms with Gasteiger partial charge in [-0.1, -0.05) is 63.1 Å². The van der Waals surface area contributed by atoms with Gasteiger partial charge < -0.3 is 24.6 Å². The fraction of sp³-hybridized carbons (Fsp3) is 0.500. The smallest absolute Gasteiger partial charge is 0.334 e. The van der Waals surface area contributed by atoms with Crippen LogP contribution in [0.1, 0.15) is 44.2 Å². The number of fused-ring (bicyclic) bond motifs is 1. The summed E-state index contributed by atoms with van der Waals surface area (Å²) in [5.41, 5.74) is 1.99. The molecule has 0 radical (unpaired) electrons. The lowest BCUT2D eigenvalue weighted by Crippen LogP contribution is -2.76. The van der Waals surface area contributed by atoms with Crippen LogP contribution in [-0.4, -0.2) is 90.3 Å². The SMILES string of the molecule is CCCC[C@H]1C(=O)N(CCc2ccc(OC)c(OC)c2)C[C@H]2N1C(=O)CN(CC)N2C(=O)NCc1ccccc1. The van der Waals surface area contributed by atoms with E-state index in [-0.39, 0.29) is 30.9 Å². The molecule has 1 N–H and O–H groups in total. The van der Waals surface area contributed by atoms with E-state index in [2.05, 4.69) is 12.2 Å². The number of piperazine rings is 1. The molecule has 40 heavy (non-hydrogen) atoms. The van der Waals surface area contributed by atoms with Crippen LogP contribution in [0.25, 0.3) is 0 Å². The van der Waals surface area contributed by atoms with E-state index < -0.39 is 12.2 Å². The quantitative estimate of drug-likeness (QED) is 0.461. The van der Waals surface area contributed by atoms with Crippen molar-refractivity contribution in [3.63, 3.8) is 0 Å². The summed E-state index contributed by atoms with van der Waals surface area (Å²) in [5.74, 6) is 1.10. The van der Waals surface area contributed by atoms with E-state index in [0.29, 0.717) is 44.0 Å². The van der Waals surface area contributed by atoms with Gasteiger partial charge in [0.2, 0.25) is 11.8 Å². The average molecular weight is 552 g/mol. The molecule has 2 fully saturated rings. The molecule has 2 heterocycles. The first-order valence-electron chi connectivity index (χ1n) is 14.1. The summed E-state index contributed by atoms with van der Waals surface area (Å²) in [6, 6.07) is 14.6. The Balaban J connectivity index is 1.58. The zero-order valence-corrected chi connectivity index (χ0v) is 24.0. The monoisotopic (exact) mass is 551 g/mol. The number of unbranched alkanes of at least 4 members (excludes halogenated alkanes) is 1. The number of ether oxygens (including phenoxy) is 2. The van der Waals surface area contributed by atoms with E-state index >= 15 is 0 Å². The van der Waals surface area contributed by atoms with Crippen molar-refractivity contribution >= 4 is 17.8 Å². The van der Waals surface area contributed by atoms with Crippen molar-refractivity contribution < 1.29 is 23.9 Å². The molecule has 4 rings (SSSR count). The lowest BCUT2D eigenvalue weighted by Gasteiger charge is -2.55. The summed E-state index contributed by atoms with van der Waals surface area (Å²) >= 11 is 0. The van der Waals surface area contributed by atoms with Crippen LogP contribution in [0.15, 0.2) is 48.5 Å². The van der Waals surface area contributed by atoms with Crippen LogP contribution in [-0.2, 0) is 22.6 Å². The highest BCUT2D eigenvalue weighted by molar-refractivity contribution is 5.91. The van der Waals surface area contributed by atoms with Crippen molar-refractivity contribution in [2.75, 3.05) is 40.4 Å². The molecule has 2 aliphatic heterocycles. The Morgan fingerprint density at radius 2 is 1.75 bits per heavy atom. The topological polar surface area (TPSA) is 94.7 Å². The number of likely N-dealkylation sites (N-methyl/N-ethyl adjacent to an activating group) is 1. The number of hydrogen-bond donors (Lipinski definition) is 1. The van der Waals surface area contributed by atoms with Gasteiger partial charge in [0, 0.05) is 19.6 Å². The van der Waals surface area contributed by atoms with Crippen molar-refractivity contribution in [3.05, 3.63) is 59.7 Å². The van der Waals surface area contributed by atoms with Gasteiger partial charge in [-0.15, -0.1) is 0 Å². The number of amides is 4. The molecule has 0 aromatic heterocycles. The Morgan fingerprint density at radius 3 is 2.42 bits per heavy atom. The molecule has 0 bridgehead atoms. The van der Waals surface area contributed by atoms with E-state index in [1.807, 2.05) is 60.4 Å². The van der Waals surface area contributed by atoms with Crippen molar-refractivity contribution in [3.8, 4) is 11.5 Å². The lowest BCUT2D eigenvalue weighted by atomic mass is 10.0. The maximum absolute atomic E-state index is 13.8. The third-order valence-electron chi connectivity index (χ3n) is 7.64. The summed E-state index contributed by atoms with van der Waals surface area (Å²) in [4.78, 5) is 44.3. The van der Waals surface area contributed by atoms with E-state index in [0.717, 1.165) is 24.0 Å². The summed E-state index contributed by atoms with van der Waals surface area (Å²) in [6.07, 6.45) is 2.31. The number of rotatable bonds is 11. The number of benzene rings is 2. The highest BCUT2D eigenvalue weighted by Crippen LogP contribution is 2.30. The van der Waals surface area contributed by atoms with Crippen LogP contribution in [0.4, 0.5) is 4.79 Å². The van der Waals surface area contributed by atoms with Crippen LogP contribution >= 0.6 is 0 Å². The second-order valence-corrected chi connectivity index (χ2v) is 10.1. The third-order valence-corrected chi connectivity index (χ3v) is 7.64. The maximum atomic E-state index is 13.8. The van der Waals surface area contributed by atoms with Crippen LogP contribution < -0.4 is 14.8 Å². The number of nitrogens with one attached hydrogen (secondary N) is 1. The molecule has 2 aliphatic rings. The molecule has 2 atom stereocenters. The Labute approximate surface area is 236 Å². The van der Waals surface area contributed by atoms with Gasteiger partial charge in [-0.25, -0.2) is 14.8 Å². The number of carbonyl (C=O) groups is 3. The molecule has 2 aromatic rings. The average Bonchev–Trinajstić information content (AvgIpc) is 2.98. The van der Waals surface area contributed by atoms with Gasteiger partial charge in [0.15, 0.2) is 11.5 Å². The summed E-state index contributed by atoms with van der Waals surface area (Å²) in [5, 5.41) is 6.46. The minimum Gasteiger partial charge on any atom is -0.493 e. The van der Waals surface area contributed by atoms with Crippen molar-refractivity contribution in [2.24, 2.45) is 0 Å². The molecule has 4 amide bonds. The van der Waals surface area contributed by atoms with E-state index in [1.54, 1.807) is 29.1 Å². The zero-order chi connectivity index (χ0) is 28.6. The summed E-state index contributed by atoms with van der Waals surface area (Å²) in [7, 11) is 3.19. The molecule has 2 saturated heterocycles. The Kier molecular flexibility index (Phi) is 9.87. The molecule has 10 nitrogen and oxygen atoms in total. The van der Waals surface area contributed by atoms with Gasteiger partial charge in [-0.2, -0.15) is 0 Å². The Bertz CT molecular complexity index is 1180. The van der Waals surface area contributed by atoms with E-state index in [9.17, 15) is 14.4 Å². The number of hydrazine groups is 1. The summed E-state index contributed by atoms with van der Waals surface area (Å²) in [6.45, 7) is 5.63. The third kappa shape index (κ3) is 6.33. The van der Waals surface area contributed by atoms with E-state index in [1.165, 1.54) is 0 Å². The van der Waals surface area contributed by atoms with Crippen LogP contribution in [0, 0.1) is 0 Å². The highest BCUT2D eigenvalue weighted by atomic mass is 16.5. The first-order chi connectivity index (χ1) is 19.4. The number of urea groups is 1. The first-order valence-corrected chi connectivity index (χ1v) is 14.1. The number of methoxy groups -OCH3 is 2. The maximum Gasteiger partial charge on any atom is 0.334 e. The Morgan fingerprint density at radius 1 is 1.00 bits per heavy atom. The molecular formula is C30H41N5O5. The minimum absolute atomic E-state index is 0.0619. The van der Waals surface area contributed by atoms with Gasteiger partial charge in [0.25, 0.3) is 0 Å². The molecular weight excluding hydrogens is 510 g/mol. The zero-order valence-electron chi connectivity index (χ0n) is 24.0. The normalized spacial score (nSPS) is 19.4. The van der Waals surface area contributed by atoms with Crippen molar-refractivity contribution in [1.82, 2.24) is 25.1 Å². The molecule has 0 spiro atoms. The molecule has 216 valence electrons. The van der Waals surface area contributed by atoms with E-state index in [4.69, 9.17) is 9.47 Å². The van der Waals surface area contributed by atoms with Gasteiger partial charge in [-0.3, -0.25) is 9.59 Å². The van der Waals surface area contributed by atoms with Crippen LogP contribution in [0.3, 0.4) is 0 Å². The second kappa shape index (κ2) is 13.5. The molecule has 0 saturated carbocycles. The van der Waals surface area contributed by atoms with Gasteiger partial charge >= 0.3 is 6.03 Å². The summed E-state index contributed by atoms with van der Waals surface area (Å²) < 4.78 is 10.8. The predicted octanol–water partition coefficient (Wildman–Crippen LogP) is 3.26. The predicted molar refractivity (Wildman–Crippen MR) is 152 cm³/mol. The molecule has 0 aliphatic carbocycles. The van der Waals surface area contributed by atoms with Gasteiger partial charge in [0.1, 0.15) is 12.2 Å². The molecule has 10 heteroatoms. The van der Waals surface area contributed by atoms with Crippen LogP contribution in [0.2, 0.25) is 0 Å². The lowest BCUT2D eigenvalue weighted by molar-refractivity contribution is -0.190. The Hall–Kier alpha value is -3.79. The fourth-order valence-electron chi connectivity index (χ4n) is 5.49. The van der Waals surface area contributed by atoms with Gasteiger partial charge in [-0.05, 0) is 36.1 Å². The molecule has 0 unspecified atom stereocenters. The van der Waals surface area contributed by atoms with Crippen LogP contribution in [0.5, 0.6) is 11.5 Å². The van der Waals surface area contributed by atoms with Gasteiger partial charge in [0.05, 0.1) is 27.3 Å². The molecule has 2 aromatic carbocycles. The van der Waals surface area contributed by atoms with Crippen molar-refractivity contribution in [2.45, 2.75) is 58.3 Å². The largest absolute Gasteiger partial charge is 0.493 e. The standard InChI is InChI=1S/C30H41N5O5/c1-5-7-13-24-29(37)32(17-16-22-14-15-25(39-3)26(18-22)40-4)20-27-34(24)28(36)21-33(6-2)35(27)30(38)31-19-23-11-9-8-10-12-23/h8-12,14-15,18,24,27H,5-7,13,16-17,19-21H2,1-4H3,(H,31,38)/t24-,27-/m0/s1. The van der Waals surface area contributed by atoms with Crippen molar-refractivity contribution in [1.29, 1.82) is 0 Å².